The van der Waals surface area contributed by atoms with Crippen LogP contribution in [-0.4, -0.2) is 26.2 Å². The summed E-state index contributed by atoms with van der Waals surface area (Å²) in [6, 6.07) is 3.69. The van der Waals surface area contributed by atoms with Crippen LogP contribution in [0.1, 0.15) is 17.2 Å². The number of carbonyl (C=O) groups is 1. The van der Waals surface area contributed by atoms with Crippen molar-refractivity contribution < 1.29 is 13.9 Å². The Balaban J connectivity index is 2.86. The highest BCUT2D eigenvalue weighted by molar-refractivity contribution is 5.77. The predicted octanol–water partition coefficient (Wildman–Crippen LogP) is 2.25. The summed E-state index contributed by atoms with van der Waals surface area (Å²) in [5.74, 6) is -0.812. The maximum absolute atomic E-state index is 13.2. The molecular weight excluding hydrogens is 251 g/mol. The number of halogens is 1. The van der Waals surface area contributed by atoms with Crippen molar-refractivity contribution in [3.63, 3.8) is 0 Å². The molecule has 1 unspecified atom stereocenters. The SMILES string of the molecule is COC(=O)C(NCCN=[N+]=[N-])c1ccc(F)c(C)c1. The van der Waals surface area contributed by atoms with Crippen molar-refractivity contribution in [3.8, 4) is 0 Å². The lowest BCUT2D eigenvalue weighted by molar-refractivity contribution is -0.143. The summed E-state index contributed by atoms with van der Waals surface area (Å²) >= 11 is 0. The number of aryl methyl sites for hydroxylation is 1. The van der Waals surface area contributed by atoms with E-state index in [1.807, 2.05) is 0 Å². The van der Waals surface area contributed by atoms with Gasteiger partial charge in [-0.3, -0.25) is 0 Å². The van der Waals surface area contributed by atoms with Gasteiger partial charge in [-0.2, -0.15) is 0 Å². The average molecular weight is 266 g/mol. The standard InChI is InChI=1S/C12H15FN4O2/c1-8-7-9(3-4-10(8)13)11(12(18)19-2)15-5-6-16-17-14/h3-4,7,11,15H,5-6H2,1-2H3. The van der Waals surface area contributed by atoms with Gasteiger partial charge in [0.05, 0.1) is 7.11 Å². The van der Waals surface area contributed by atoms with E-state index in [1.54, 1.807) is 13.0 Å². The summed E-state index contributed by atoms with van der Waals surface area (Å²) < 4.78 is 17.9. The molecule has 0 bridgehead atoms. The zero-order valence-electron chi connectivity index (χ0n) is 10.8. The van der Waals surface area contributed by atoms with Crippen LogP contribution in [-0.2, 0) is 9.53 Å². The lowest BCUT2D eigenvalue weighted by atomic mass is 10.0. The van der Waals surface area contributed by atoms with Gasteiger partial charge in [-0.15, -0.1) is 0 Å². The molecule has 7 heteroatoms. The minimum Gasteiger partial charge on any atom is -0.468 e. The summed E-state index contributed by atoms with van der Waals surface area (Å²) in [7, 11) is 1.28. The first-order valence-electron chi connectivity index (χ1n) is 5.68. The zero-order valence-corrected chi connectivity index (χ0v) is 10.8. The molecule has 1 aromatic carbocycles. The number of methoxy groups -OCH3 is 1. The normalized spacial score (nSPS) is 11.5. The van der Waals surface area contributed by atoms with Gasteiger partial charge in [0.1, 0.15) is 11.9 Å². The Labute approximate surface area is 110 Å². The second-order valence-electron chi connectivity index (χ2n) is 3.87. The molecule has 0 aliphatic rings. The molecule has 19 heavy (non-hydrogen) atoms. The van der Waals surface area contributed by atoms with Gasteiger partial charge in [0.25, 0.3) is 0 Å². The number of rotatable bonds is 6. The largest absolute Gasteiger partial charge is 0.468 e. The minimum atomic E-state index is -0.710. The number of benzene rings is 1. The molecule has 0 saturated heterocycles. The highest BCUT2D eigenvalue weighted by atomic mass is 19.1. The van der Waals surface area contributed by atoms with Crippen molar-refractivity contribution >= 4 is 5.97 Å². The van der Waals surface area contributed by atoms with Crippen LogP contribution >= 0.6 is 0 Å². The van der Waals surface area contributed by atoms with E-state index in [2.05, 4.69) is 15.3 Å². The Morgan fingerprint density at radius 2 is 2.37 bits per heavy atom. The Morgan fingerprint density at radius 1 is 1.63 bits per heavy atom. The van der Waals surface area contributed by atoms with Crippen LogP contribution < -0.4 is 5.32 Å². The van der Waals surface area contributed by atoms with E-state index in [-0.39, 0.29) is 12.4 Å². The number of hydrogen-bond acceptors (Lipinski definition) is 4. The zero-order chi connectivity index (χ0) is 14.3. The first kappa shape index (κ1) is 14.9. The van der Waals surface area contributed by atoms with Crippen molar-refractivity contribution in [1.29, 1.82) is 0 Å². The summed E-state index contributed by atoms with van der Waals surface area (Å²) in [5, 5.41) is 6.27. The van der Waals surface area contributed by atoms with Crippen LogP contribution in [0, 0.1) is 12.7 Å². The average Bonchev–Trinajstić information content (AvgIpc) is 2.41. The predicted molar refractivity (Wildman–Crippen MR) is 67.9 cm³/mol. The topological polar surface area (TPSA) is 87.1 Å². The third-order valence-corrected chi connectivity index (χ3v) is 2.58. The summed E-state index contributed by atoms with van der Waals surface area (Å²) in [6.07, 6.45) is 0. The molecule has 0 radical (unpaired) electrons. The molecule has 0 aromatic heterocycles. The lowest BCUT2D eigenvalue weighted by Gasteiger charge is -2.17. The molecule has 1 rings (SSSR count). The third-order valence-electron chi connectivity index (χ3n) is 2.58. The lowest BCUT2D eigenvalue weighted by Crippen LogP contribution is -2.31. The Bertz CT molecular complexity index is 501. The summed E-state index contributed by atoms with van der Waals surface area (Å²) in [6.45, 7) is 2.15. The van der Waals surface area contributed by atoms with Gasteiger partial charge in [0, 0.05) is 18.0 Å². The number of hydrogen-bond donors (Lipinski definition) is 1. The summed E-state index contributed by atoms with van der Waals surface area (Å²) in [5.41, 5.74) is 9.22. The minimum absolute atomic E-state index is 0.212. The molecular formula is C12H15FN4O2. The van der Waals surface area contributed by atoms with Crippen molar-refractivity contribution in [3.05, 3.63) is 45.6 Å². The monoisotopic (exact) mass is 266 g/mol. The Kier molecular flexibility index (Phi) is 5.78. The van der Waals surface area contributed by atoms with Crippen molar-refractivity contribution in [1.82, 2.24) is 5.32 Å². The van der Waals surface area contributed by atoms with Gasteiger partial charge >= 0.3 is 5.97 Å². The highest BCUT2D eigenvalue weighted by Gasteiger charge is 2.21. The highest BCUT2D eigenvalue weighted by Crippen LogP contribution is 2.18. The Hall–Kier alpha value is -2.11. The first-order chi connectivity index (χ1) is 9.10. The van der Waals surface area contributed by atoms with E-state index in [4.69, 9.17) is 10.3 Å². The van der Waals surface area contributed by atoms with Gasteiger partial charge in [0.2, 0.25) is 0 Å². The molecule has 0 amide bonds. The van der Waals surface area contributed by atoms with Crippen LogP contribution in [0.3, 0.4) is 0 Å². The molecule has 0 spiro atoms. The van der Waals surface area contributed by atoms with Crippen LogP contribution in [0.5, 0.6) is 0 Å². The fourth-order valence-electron chi connectivity index (χ4n) is 1.61. The molecule has 0 saturated carbocycles. The Morgan fingerprint density at radius 3 is 2.95 bits per heavy atom. The number of nitrogens with zero attached hydrogens (tertiary/aromatic N) is 3. The molecule has 0 aliphatic heterocycles. The maximum Gasteiger partial charge on any atom is 0.327 e. The van der Waals surface area contributed by atoms with Crippen LogP contribution in [0.15, 0.2) is 23.3 Å². The summed E-state index contributed by atoms with van der Waals surface area (Å²) in [4.78, 5) is 14.3. The molecule has 1 aromatic rings. The number of esters is 1. The molecule has 102 valence electrons. The fraction of sp³-hybridized carbons (Fsp3) is 0.417. The smallest absolute Gasteiger partial charge is 0.327 e. The van der Waals surface area contributed by atoms with E-state index in [9.17, 15) is 9.18 Å². The van der Waals surface area contributed by atoms with Crippen LogP contribution in [0.25, 0.3) is 10.4 Å². The molecule has 0 heterocycles. The van der Waals surface area contributed by atoms with E-state index in [0.29, 0.717) is 17.7 Å². The van der Waals surface area contributed by atoms with Crippen LogP contribution in [0.4, 0.5) is 4.39 Å². The number of ether oxygens (including phenoxy) is 1. The van der Waals surface area contributed by atoms with Gasteiger partial charge in [-0.25, -0.2) is 9.18 Å². The number of carbonyl (C=O) groups excluding carboxylic acids is 1. The van der Waals surface area contributed by atoms with Crippen molar-refractivity contribution in [2.45, 2.75) is 13.0 Å². The molecule has 0 aliphatic carbocycles. The van der Waals surface area contributed by atoms with Gasteiger partial charge < -0.3 is 10.1 Å². The molecule has 1 atom stereocenters. The van der Waals surface area contributed by atoms with Gasteiger partial charge in [0.15, 0.2) is 0 Å². The van der Waals surface area contributed by atoms with Crippen LogP contribution in [0.2, 0.25) is 0 Å². The van der Waals surface area contributed by atoms with E-state index in [1.165, 1.54) is 19.2 Å². The molecule has 6 nitrogen and oxygen atoms in total. The van der Waals surface area contributed by atoms with Gasteiger partial charge in [-0.1, -0.05) is 17.2 Å². The maximum atomic E-state index is 13.2. The van der Waals surface area contributed by atoms with E-state index >= 15 is 0 Å². The quantitative estimate of drug-likeness (QED) is 0.281. The van der Waals surface area contributed by atoms with Crippen molar-refractivity contribution in [2.24, 2.45) is 5.11 Å². The van der Waals surface area contributed by atoms with E-state index in [0.717, 1.165) is 0 Å². The number of azide groups is 1. The van der Waals surface area contributed by atoms with E-state index < -0.39 is 12.0 Å². The first-order valence-corrected chi connectivity index (χ1v) is 5.68. The second kappa shape index (κ2) is 7.35. The molecule has 1 N–H and O–H groups in total. The fourth-order valence-corrected chi connectivity index (χ4v) is 1.61. The second-order valence-corrected chi connectivity index (χ2v) is 3.87. The number of nitrogens with one attached hydrogen (secondary N) is 1. The third kappa shape index (κ3) is 4.24. The molecule has 0 fully saturated rings. The van der Waals surface area contributed by atoms with Crippen molar-refractivity contribution in [2.75, 3.05) is 20.2 Å². The van der Waals surface area contributed by atoms with Gasteiger partial charge in [-0.05, 0) is 29.6 Å².